The fourth-order valence-corrected chi connectivity index (χ4v) is 3.33. The number of hydrogen-bond acceptors (Lipinski definition) is 8. The van der Waals surface area contributed by atoms with Gasteiger partial charge in [-0.1, -0.05) is 6.08 Å². The van der Waals surface area contributed by atoms with Gasteiger partial charge in [-0.05, 0) is 6.08 Å². The third-order valence-electron chi connectivity index (χ3n) is 4.82. The third kappa shape index (κ3) is 2.28. The van der Waals surface area contributed by atoms with Gasteiger partial charge in [0.1, 0.15) is 0 Å². The summed E-state index contributed by atoms with van der Waals surface area (Å²) >= 11 is 0. The average molecular weight is 317 g/mol. The van der Waals surface area contributed by atoms with Crippen LogP contribution >= 0.6 is 0 Å². The highest BCUT2D eigenvalue weighted by Crippen LogP contribution is 2.42. The standard InChI is InChI=1S/C12H19N3O7/c16-7-12(8-17,9-18)13-5-10(14(19)20)2-1-3-11(4-10,6-13)15(21)22/h1-2,16-18H,3-9H2/t10-,11-/m0/s1. The maximum atomic E-state index is 11.5. The van der Waals surface area contributed by atoms with Crippen molar-refractivity contribution in [3.05, 3.63) is 32.4 Å². The van der Waals surface area contributed by atoms with Gasteiger partial charge in [0, 0.05) is 16.3 Å². The largest absolute Gasteiger partial charge is 0.394 e. The van der Waals surface area contributed by atoms with Crippen LogP contribution in [0.3, 0.4) is 0 Å². The van der Waals surface area contributed by atoms with Crippen molar-refractivity contribution in [2.24, 2.45) is 0 Å². The Morgan fingerprint density at radius 1 is 1.09 bits per heavy atom. The number of fused-ring (bicyclic) bond motifs is 2. The van der Waals surface area contributed by atoms with Crippen molar-refractivity contribution in [3.63, 3.8) is 0 Å². The van der Waals surface area contributed by atoms with Crippen molar-refractivity contribution in [1.82, 2.24) is 4.90 Å². The maximum Gasteiger partial charge on any atom is 0.259 e. The maximum absolute atomic E-state index is 11.5. The van der Waals surface area contributed by atoms with Crippen LogP contribution in [0.25, 0.3) is 0 Å². The summed E-state index contributed by atoms with van der Waals surface area (Å²) in [5.41, 5.74) is -4.76. The molecule has 0 amide bonds. The molecule has 0 aromatic rings. The number of piperidine rings is 1. The lowest BCUT2D eigenvalue weighted by Gasteiger charge is -2.50. The SMILES string of the molecule is O=[N+]([O-])[C@]12C=CC[C@@]([N+](=O)[O-])(CN(C(CO)(CO)CO)C1)C2. The highest BCUT2D eigenvalue weighted by Gasteiger charge is 2.64. The minimum Gasteiger partial charge on any atom is -0.394 e. The predicted molar refractivity (Wildman–Crippen MR) is 73.4 cm³/mol. The van der Waals surface area contributed by atoms with Crippen LogP contribution in [0.1, 0.15) is 12.8 Å². The van der Waals surface area contributed by atoms with Gasteiger partial charge in [0.2, 0.25) is 5.54 Å². The van der Waals surface area contributed by atoms with E-state index in [-0.39, 0.29) is 25.9 Å². The lowest BCUT2D eigenvalue weighted by Crippen LogP contribution is -2.72. The number of aliphatic hydroxyl groups excluding tert-OH is 3. The zero-order valence-corrected chi connectivity index (χ0v) is 11.9. The van der Waals surface area contributed by atoms with E-state index in [4.69, 9.17) is 0 Å². The molecule has 1 fully saturated rings. The average Bonchev–Trinajstić information content (AvgIpc) is 2.49. The van der Waals surface area contributed by atoms with Gasteiger partial charge in [0.15, 0.2) is 0 Å². The summed E-state index contributed by atoms with van der Waals surface area (Å²) in [7, 11) is 0. The van der Waals surface area contributed by atoms with Crippen molar-refractivity contribution in [1.29, 1.82) is 0 Å². The normalized spacial score (nSPS) is 32.0. The van der Waals surface area contributed by atoms with Crippen LogP contribution in [0.4, 0.5) is 0 Å². The topological polar surface area (TPSA) is 150 Å². The molecule has 0 unspecified atom stereocenters. The molecular formula is C12H19N3O7. The molecule has 0 radical (unpaired) electrons. The first kappa shape index (κ1) is 16.7. The number of nitro groups is 2. The molecule has 22 heavy (non-hydrogen) atoms. The first-order valence-corrected chi connectivity index (χ1v) is 6.84. The highest BCUT2D eigenvalue weighted by molar-refractivity contribution is 5.19. The molecule has 2 atom stereocenters. The minimum absolute atomic E-state index is 0.0322. The van der Waals surface area contributed by atoms with Crippen LogP contribution in [0.2, 0.25) is 0 Å². The smallest absolute Gasteiger partial charge is 0.259 e. The second-order valence-corrected chi connectivity index (χ2v) is 6.18. The number of rotatable bonds is 6. The number of nitrogens with zero attached hydrogens (tertiary/aromatic N) is 3. The molecule has 1 saturated heterocycles. The summed E-state index contributed by atoms with van der Waals surface area (Å²) in [5.74, 6) is 0. The molecule has 2 aliphatic rings. The van der Waals surface area contributed by atoms with E-state index in [1.54, 1.807) is 0 Å². The molecule has 0 spiro atoms. The molecule has 1 heterocycles. The second kappa shape index (κ2) is 5.54. The molecule has 0 saturated carbocycles. The molecule has 2 rings (SSSR count). The van der Waals surface area contributed by atoms with Gasteiger partial charge in [-0.2, -0.15) is 0 Å². The Labute approximate surface area is 126 Å². The molecule has 1 aliphatic carbocycles. The highest BCUT2D eigenvalue weighted by atomic mass is 16.6. The molecule has 124 valence electrons. The van der Waals surface area contributed by atoms with Gasteiger partial charge in [-0.25, -0.2) is 0 Å². The quantitative estimate of drug-likeness (QED) is 0.301. The molecule has 1 aliphatic heterocycles. The van der Waals surface area contributed by atoms with Gasteiger partial charge < -0.3 is 15.3 Å². The summed E-state index contributed by atoms with van der Waals surface area (Å²) in [6, 6.07) is 0. The number of hydrogen-bond donors (Lipinski definition) is 3. The van der Waals surface area contributed by atoms with Crippen LogP contribution < -0.4 is 0 Å². The lowest BCUT2D eigenvalue weighted by molar-refractivity contribution is -0.621. The summed E-state index contributed by atoms with van der Waals surface area (Å²) in [6.45, 7) is -2.38. The van der Waals surface area contributed by atoms with Gasteiger partial charge >= 0.3 is 0 Å². The Bertz CT molecular complexity index is 499. The summed E-state index contributed by atoms with van der Waals surface area (Å²) in [5, 5.41) is 51.6. The molecule has 3 N–H and O–H groups in total. The van der Waals surface area contributed by atoms with Gasteiger partial charge in [0.25, 0.3) is 5.54 Å². The Morgan fingerprint density at radius 2 is 1.68 bits per heavy atom. The Morgan fingerprint density at radius 3 is 2.14 bits per heavy atom. The van der Waals surface area contributed by atoms with E-state index in [0.717, 1.165) is 0 Å². The summed E-state index contributed by atoms with van der Waals surface area (Å²) < 4.78 is 0. The molecule has 0 aromatic carbocycles. The summed E-state index contributed by atoms with van der Waals surface area (Å²) in [6.07, 6.45) is 2.58. The van der Waals surface area contributed by atoms with Gasteiger partial charge in [-0.3, -0.25) is 25.1 Å². The summed E-state index contributed by atoms with van der Waals surface area (Å²) in [4.78, 5) is 23.2. The molecular weight excluding hydrogens is 298 g/mol. The minimum atomic E-state index is -1.66. The van der Waals surface area contributed by atoms with Crippen LogP contribution in [0, 0.1) is 20.2 Å². The fourth-order valence-electron chi connectivity index (χ4n) is 3.33. The van der Waals surface area contributed by atoms with E-state index in [2.05, 4.69) is 0 Å². The first-order chi connectivity index (χ1) is 10.3. The Balaban J connectivity index is 2.50. The lowest BCUT2D eigenvalue weighted by atomic mass is 9.71. The van der Waals surface area contributed by atoms with E-state index in [1.165, 1.54) is 17.1 Å². The van der Waals surface area contributed by atoms with Crippen LogP contribution in [0.15, 0.2) is 12.2 Å². The third-order valence-corrected chi connectivity index (χ3v) is 4.82. The van der Waals surface area contributed by atoms with E-state index >= 15 is 0 Å². The Hall–Kier alpha value is -1.62. The predicted octanol–water partition coefficient (Wildman–Crippen LogP) is -1.60. The fraction of sp³-hybridized carbons (Fsp3) is 0.833. The van der Waals surface area contributed by atoms with E-state index in [9.17, 15) is 35.5 Å². The molecule has 0 aromatic heterocycles. The first-order valence-electron chi connectivity index (χ1n) is 6.84. The van der Waals surface area contributed by atoms with Gasteiger partial charge in [0.05, 0.1) is 44.9 Å². The zero-order chi connectivity index (χ0) is 16.6. The van der Waals surface area contributed by atoms with Crippen LogP contribution in [-0.4, -0.2) is 79.6 Å². The Kier molecular flexibility index (Phi) is 4.22. The number of likely N-dealkylation sites (tertiary alicyclic amines) is 1. The van der Waals surface area contributed by atoms with Crippen molar-refractivity contribution in [2.45, 2.75) is 29.5 Å². The van der Waals surface area contributed by atoms with Crippen LogP contribution in [0.5, 0.6) is 0 Å². The monoisotopic (exact) mass is 317 g/mol. The molecule has 10 nitrogen and oxygen atoms in total. The zero-order valence-electron chi connectivity index (χ0n) is 11.9. The van der Waals surface area contributed by atoms with E-state index in [1.807, 2.05) is 0 Å². The van der Waals surface area contributed by atoms with Crippen molar-refractivity contribution in [3.8, 4) is 0 Å². The van der Waals surface area contributed by atoms with Crippen molar-refractivity contribution < 1.29 is 25.2 Å². The van der Waals surface area contributed by atoms with E-state index < -0.39 is 46.3 Å². The molecule has 10 heteroatoms. The number of aliphatic hydroxyl groups is 3. The van der Waals surface area contributed by atoms with Gasteiger partial charge in [-0.15, -0.1) is 0 Å². The van der Waals surface area contributed by atoms with Crippen molar-refractivity contribution in [2.75, 3.05) is 32.9 Å². The van der Waals surface area contributed by atoms with Crippen molar-refractivity contribution >= 4 is 0 Å². The molecule has 2 bridgehead atoms. The van der Waals surface area contributed by atoms with E-state index in [0.29, 0.717) is 0 Å². The van der Waals surface area contributed by atoms with Crippen LogP contribution in [-0.2, 0) is 0 Å². The second-order valence-electron chi connectivity index (χ2n) is 6.18.